The summed E-state index contributed by atoms with van der Waals surface area (Å²) >= 11 is 2.33. The van der Waals surface area contributed by atoms with E-state index >= 15 is 0 Å². The number of benzene rings is 1. The van der Waals surface area contributed by atoms with Gasteiger partial charge < -0.3 is 5.32 Å². The summed E-state index contributed by atoms with van der Waals surface area (Å²) in [5, 5.41) is 3.28. The molecule has 0 aromatic heterocycles. The molecule has 0 unspecified atom stereocenters. The van der Waals surface area contributed by atoms with Gasteiger partial charge in [-0.3, -0.25) is 0 Å². The molecule has 0 saturated carbocycles. The van der Waals surface area contributed by atoms with E-state index in [4.69, 9.17) is 0 Å². The highest BCUT2D eigenvalue weighted by molar-refractivity contribution is 14.1. The molecule has 0 amide bonds. The van der Waals surface area contributed by atoms with E-state index in [-0.39, 0.29) is 0 Å². The molecule has 0 heterocycles. The van der Waals surface area contributed by atoms with Crippen LogP contribution in [0.2, 0.25) is 0 Å². The first-order valence-corrected chi connectivity index (χ1v) is 4.81. The summed E-state index contributed by atoms with van der Waals surface area (Å²) < 4.78 is 1.29. The van der Waals surface area contributed by atoms with Crippen LogP contribution in [-0.2, 0) is 0 Å². The van der Waals surface area contributed by atoms with Crippen LogP contribution in [0.3, 0.4) is 0 Å². The fourth-order valence-electron chi connectivity index (χ4n) is 1.04. The third-order valence-electron chi connectivity index (χ3n) is 1.42. The summed E-state index contributed by atoms with van der Waals surface area (Å²) in [4.78, 5) is 0. The summed E-state index contributed by atoms with van der Waals surface area (Å²) in [6.07, 6.45) is 0. The smallest absolute Gasteiger partial charge is 0.0353 e. The third-order valence-corrected chi connectivity index (χ3v) is 2.05. The number of nitrogens with one attached hydrogen (secondary N) is 1. The second-order valence-corrected chi connectivity index (χ2v) is 3.79. The van der Waals surface area contributed by atoms with E-state index in [1.54, 1.807) is 0 Å². The van der Waals surface area contributed by atoms with Crippen LogP contribution < -0.4 is 5.32 Å². The van der Waals surface area contributed by atoms with Gasteiger partial charge in [0, 0.05) is 15.8 Å². The van der Waals surface area contributed by atoms with E-state index in [2.05, 4.69) is 60.0 Å². The van der Waals surface area contributed by atoms with Crippen LogP contribution in [0, 0.1) is 10.5 Å². The fraction of sp³-hybridized carbons (Fsp3) is 0.333. The minimum Gasteiger partial charge on any atom is -0.385 e. The monoisotopic (exact) mass is 261 g/mol. The molecule has 1 aromatic rings. The lowest BCUT2D eigenvalue weighted by Crippen LogP contribution is -1.96. The van der Waals surface area contributed by atoms with E-state index < -0.39 is 0 Å². The van der Waals surface area contributed by atoms with Crippen LogP contribution >= 0.6 is 22.6 Å². The van der Waals surface area contributed by atoms with Crippen molar-refractivity contribution in [2.45, 2.75) is 13.8 Å². The molecule has 1 nitrogen and oxygen atoms in total. The van der Waals surface area contributed by atoms with E-state index in [1.165, 1.54) is 14.8 Å². The number of anilines is 1. The highest BCUT2D eigenvalue weighted by atomic mass is 127. The van der Waals surface area contributed by atoms with Gasteiger partial charge in [-0.05, 0) is 60.2 Å². The second-order valence-electron chi connectivity index (χ2n) is 2.55. The Balaban J connectivity index is 2.89. The van der Waals surface area contributed by atoms with Crippen molar-refractivity contribution in [3.63, 3.8) is 0 Å². The molecule has 0 atom stereocenters. The lowest BCUT2D eigenvalue weighted by molar-refractivity contribution is 1.21. The highest BCUT2D eigenvalue weighted by Crippen LogP contribution is 2.15. The largest absolute Gasteiger partial charge is 0.385 e. The zero-order valence-electron chi connectivity index (χ0n) is 6.82. The Morgan fingerprint density at radius 2 is 2.09 bits per heavy atom. The molecule has 0 saturated heterocycles. The number of hydrogen-bond donors (Lipinski definition) is 1. The van der Waals surface area contributed by atoms with E-state index in [1.807, 2.05) is 0 Å². The molecule has 0 radical (unpaired) electrons. The molecule has 1 aromatic carbocycles. The summed E-state index contributed by atoms with van der Waals surface area (Å²) in [5.41, 5.74) is 2.53. The van der Waals surface area contributed by atoms with Crippen molar-refractivity contribution >= 4 is 28.3 Å². The molecule has 0 spiro atoms. The van der Waals surface area contributed by atoms with Crippen LogP contribution in [-0.4, -0.2) is 6.54 Å². The van der Waals surface area contributed by atoms with Crippen molar-refractivity contribution in [2.75, 3.05) is 11.9 Å². The Morgan fingerprint density at radius 1 is 1.36 bits per heavy atom. The second kappa shape index (κ2) is 3.95. The van der Waals surface area contributed by atoms with E-state index in [0.29, 0.717) is 0 Å². The summed E-state index contributed by atoms with van der Waals surface area (Å²) in [5.74, 6) is 0. The first-order valence-electron chi connectivity index (χ1n) is 3.73. The zero-order chi connectivity index (χ0) is 8.27. The fourth-order valence-corrected chi connectivity index (χ4v) is 1.87. The van der Waals surface area contributed by atoms with Crippen molar-refractivity contribution in [2.24, 2.45) is 0 Å². The Bertz CT molecular complexity index is 225. The lowest BCUT2D eigenvalue weighted by atomic mass is 10.2. The lowest BCUT2D eigenvalue weighted by Gasteiger charge is -2.04. The van der Waals surface area contributed by atoms with E-state index in [9.17, 15) is 0 Å². The predicted octanol–water partition coefficient (Wildman–Crippen LogP) is 3.03. The SMILES string of the molecule is CCNc1cc(C)cc(I)c1. The van der Waals surface area contributed by atoms with Gasteiger partial charge in [0.15, 0.2) is 0 Å². The Kier molecular flexibility index (Phi) is 3.17. The molecule has 11 heavy (non-hydrogen) atoms. The van der Waals surface area contributed by atoms with Crippen molar-refractivity contribution in [1.29, 1.82) is 0 Å². The molecule has 0 aliphatic rings. The first kappa shape index (κ1) is 8.84. The van der Waals surface area contributed by atoms with Gasteiger partial charge in [0.05, 0.1) is 0 Å². The van der Waals surface area contributed by atoms with Crippen molar-refractivity contribution in [3.8, 4) is 0 Å². The molecular weight excluding hydrogens is 249 g/mol. The summed E-state index contributed by atoms with van der Waals surface area (Å²) in [6, 6.07) is 6.48. The van der Waals surface area contributed by atoms with E-state index in [0.717, 1.165) is 6.54 Å². The Hall–Kier alpha value is -0.250. The number of hydrogen-bond acceptors (Lipinski definition) is 1. The maximum Gasteiger partial charge on any atom is 0.0353 e. The molecule has 1 rings (SSSR count). The first-order chi connectivity index (χ1) is 5.22. The quantitative estimate of drug-likeness (QED) is 0.807. The molecule has 60 valence electrons. The number of aryl methyl sites for hydroxylation is 1. The molecule has 0 aliphatic heterocycles. The van der Waals surface area contributed by atoms with Crippen LogP contribution in [0.15, 0.2) is 18.2 Å². The Morgan fingerprint density at radius 3 is 2.64 bits per heavy atom. The van der Waals surface area contributed by atoms with Crippen LogP contribution in [0.25, 0.3) is 0 Å². The maximum atomic E-state index is 3.28. The van der Waals surface area contributed by atoms with Gasteiger partial charge >= 0.3 is 0 Å². The van der Waals surface area contributed by atoms with Crippen LogP contribution in [0.1, 0.15) is 12.5 Å². The van der Waals surface area contributed by atoms with Gasteiger partial charge in [0.25, 0.3) is 0 Å². The topological polar surface area (TPSA) is 12.0 Å². The minimum absolute atomic E-state index is 0.986. The minimum atomic E-state index is 0.986. The van der Waals surface area contributed by atoms with Crippen LogP contribution in [0.4, 0.5) is 5.69 Å². The van der Waals surface area contributed by atoms with Gasteiger partial charge in [-0.15, -0.1) is 0 Å². The molecular formula is C9H12IN. The molecule has 0 bridgehead atoms. The predicted molar refractivity (Wildman–Crippen MR) is 58.1 cm³/mol. The number of halogens is 1. The average molecular weight is 261 g/mol. The molecule has 0 fully saturated rings. The van der Waals surface area contributed by atoms with Gasteiger partial charge in [-0.1, -0.05) is 0 Å². The maximum absolute atomic E-state index is 3.28. The van der Waals surface area contributed by atoms with Crippen molar-refractivity contribution < 1.29 is 0 Å². The molecule has 2 heteroatoms. The van der Waals surface area contributed by atoms with Gasteiger partial charge in [0.1, 0.15) is 0 Å². The molecule has 1 N–H and O–H groups in total. The van der Waals surface area contributed by atoms with Gasteiger partial charge in [-0.25, -0.2) is 0 Å². The third kappa shape index (κ3) is 2.69. The van der Waals surface area contributed by atoms with Crippen molar-refractivity contribution in [1.82, 2.24) is 0 Å². The number of rotatable bonds is 2. The van der Waals surface area contributed by atoms with Crippen LogP contribution in [0.5, 0.6) is 0 Å². The zero-order valence-corrected chi connectivity index (χ0v) is 8.97. The normalized spacial score (nSPS) is 9.73. The highest BCUT2D eigenvalue weighted by Gasteiger charge is 1.93. The van der Waals surface area contributed by atoms with Gasteiger partial charge in [-0.2, -0.15) is 0 Å². The standard InChI is InChI=1S/C9H12IN/c1-3-11-9-5-7(2)4-8(10)6-9/h4-6,11H,3H2,1-2H3. The summed E-state index contributed by atoms with van der Waals surface area (Å²) in [7, 11) is 0. The van der Waals surface area contributed by atoms with Gasteiger partial charge in [0.2, 0.25) is 0 Å². The molecule has 0 aliphatic carbocycles. The average Bonchev–Trinajstić information content (AvgIpc) is 1.85. The van der Waals surface area contributed by atoms with Crippen molar-refractivity contribution in [3.05, 3.63) is 27.3 Å². The Labute approximate surface area is 81.3 Å². The summed E-state index contributed by atoms with van der Waals surface area (Å²) in [6.45, 7) is 5.21.